The van der Waals surface area contributed by atoms with Crippen molar-refractivity contribution >= 4 is 17.5 Å². The molecule has 25 heavy (non-hydrogen) atoms. The van der Waals surface area contributed by atoms with Gasteiger partial charge >= 0.3 is 0 Å². The molecule has 0 aliphatic heterocycles. The Kier molecular flexibility index (Phi) is 10.9. The van der Waals surface area contributed by atoms with Crippen LogP contribution in [0.5, 0.6) is 0 Å². The molecule has 1 amide bonds. The maximum absolute atomic E-state index is 12.6. The van der Waals surface area contributed by atoms with Gasteiger partial charge in [0.05, 0.1) is 6.04 Å². The molecule has 0 rings (SSSR count). The highest BCUT2D eigenvalue weighted by atomic mass is 16.2. The molecule has 0 heterocycles. The Morgan fingerprint density at radius 1 is 0.920 bits per heavy atom. The summed E-state index contributed by atoms with van der Waals surface area (Å²) in [5.74, 6) is 0.341. The summed E-state index contributed by atoms with van der Waals surface area (Å²) < 4.78 is 0. The maximum Gasteiger partial charge on any atom is 0.223 e. The van der Waals surface area contributed by atoms with Gasteiger partial charge in [0.15, 0.2) is 5.78 Å². The van der Waals surface area contributed by atoms with Gasteiger partial charge in [-0.2, -0.15) is 0 Å². The SMILES string of the molecule is CCC[C@H](CC(=O)[C@H](C)NC(=O)[C@@H](CC(C)C)C(C)C)C(=O)C(C)C. The van der Waals surface area contributed by atoms with E-state index >= 15 is 0 Å². The van der Waals surface area contributed by atoms with Gasteiger partial charge < -0.3 is 5.32 Å². The standard InChI is InChI=1S/C21H39NO3/c1-9-10-17(20(24)15(6)7)12-19(23)16(8)22-21(25)18(14(4)5)11-13(2)3/h13-18H,9-12H2,1-8H3,(H,22,25)/t16-,17+,18-/m0/s1. The molecule has 1 N–H and O–H groups in total. The van der Waals surface area contributed by atoms with E-state index in [4.69, 9.17) is 0 Å². The zero-order valence-corrected chi connectivity index (χ0v) is 17.5. The van der Waals surface area contributed by atoms with Crippen LogP contribution in [0.2, 0.25) is 0 Å². The molecule has 3 atom stereocenters. The van der Waals surface area contributed by atoms with Gasteiger partial charge in [0.2, 0.25) is 5.91 Å². The van der Waals surface area contributed by atoms with Gasteiger partial charge in [0.25, 0.3) is 0 Å². The second kappa shape index (κ2) is 11.4. The highest BCUT2D eigenvalue weighted by Gasteiger charge is 2.29. The lowest BCUT2D eigenvalue weighted by Gasteiger charge is -2.25. The van der Waals surface area contributed by atoms with Crippen LogP contribution in [0.15, 0.2) is 0 Å². The van der Waals surface area contributed by atoms with E-state index < -0.39 is 6.04 Å². The number of nitrogens with one attached hydrogen (secondary N) is 1. The van der Waals surface area contributed by atoms with Crippen LogP contribution >= 0.6 is 0 Å². The normalized spacial score (nSPS) is 15.3. The van der Waals surface area contributed by atoms with Crippen molar-refractivity contribution < 1.29 is 14.4 Å². The van der Waals surface area contributed by atoms with Crippen molar-refractivity contribution in [3.05, 3.63) is 0 Å². The van der Waals surface area contributed by atoms with Crippen molar-refractivity contribution in [2.75, 3.05) is 0 Å². The summed E-state index contributed by atoms with van der Waals surface area (Å²) in [6.45, 7) is 15.8. The van der Waals surface area contributed by atoms with Gasteiger partial charge in [-0.15, -0.1) is 0 Å². The van der Waals surface area contributed by atoms with Crippen molar-refractivity contribution in [2.45, 2.75) is 87.1 Å². The molecule has 0 spiro atoms. The Morgan fingerprint density at radius 3 is 1.88 bits per heavy atom. The highest BCUT2D eigenvalue weighted by molar-refractivity contribution is 5.93. The van der Waals surface area contributed by atoms with Gasteiger partial charge in [-0.05, 0) is 31.6 Å². The van der Waals surface area contributed by atoms with E-state index in [2.05, 4.69) is 19.2 Å². The summed E-state index contributed by atoms with van der Waals surface area (Å²) in [5, 5.41) is 2.88. The average Bonchev–Trinajstić information content (AvgIpc) is 2.50. The van der Waals surface area contributed by atoms with Crippen LogP contribution in [0.3, 0.4) is 0 Å². The molecular weight excluding hydrogens is 314 g/mol. The highest BCUT2D eigenvalue weighted by Crippen LogP contribution is 2.22. The van der Waals surface area contributed by atoms with E-state index in [1.165, 1.54) is 0 Å². The number of carbonyl (C=O) groups is 3. The predicted molar refractivity (Wildman–Crippen MR) is 103 cm³/mol. The second-order valence-electron chi connectivity index (χ2n) is 8.42. The summed E-state index contributed by atoms with van der Waals surface area (Å²) in [5.41, 5.74) is 0. The van der Waals surface area contributed by atoms with Crippen LogP contribution in [0.25, 0.3) is 0 Å². The van der Waals surface area contributed by atoms with E-state index in [1.807, 2.05) is 34.6 Å². The Bertz CT molecular complexity index is 440. The van der Waals surface area contributed by atoms with Crippen molar-refractivity contribution in [3.8, 4) is 0 Å². The van der Waals surface area contributed by atoms with E-state index in [0.717, 1.165) is 19.3 Å². The molecule has 4 nitrogen and oxygen atoms in total. The number of rotatable bonds is 12. The fraction of sp³-hybridized carbons (Fsp3) is 0.857. The fourth-order valence-electron chi connectivity index (χ4n) is 3.18. The zero-order chi connectivity index (χ0) is 19.7. The molecule has 0 aromatic heterocycles. The lowest BCUT2D eigenvalue weighted by Crippen LogP contribution is -2.44. The number of hydrogen-bond acceptors (Lipinski definition) is 3. The second-order valence-corrected chi connectivity index (χ2v) is 8.42. The van der Waals surface area contributed by atoms with Crippen LogP contribution in [0.4, 0.5) is 0 Å². The lowest BCUT2D eigenvalue weighted by atomic mass is 9.85. The van der Waals surface area contributed by atoms with E-state index in [0.29, 0.717) is 5.92 Å². The summed E-state index contributed by atoms with van der Waals surface area (Å²) in [6, 6.07) is -0.541. The molecule has 0 radical (unpaired) electrons. The van der Waals surface area contributed by atoms with E-state index in [1.54, 1.807) is 6.92 Å². The van der Waals surface area contributed by atoms with Gasteiger partial charge in [-0.1, -0.05) is 54.9 Å². The van der Waals surface area contributed by atoms with Crippen LogP contribution < -0.4 is 5.32 Å². The maximum atomic E-state index is 12.6. The fourth-order valence-corrected chi connectivity index (χ4v) is 3.18. The molecule has 0 aromatic rings. The third-order valence-electron chi connectivity index (χ3n) is 4.76. The van der Waals surface area contributed by atoms with Crippen molar-refractivity contribution in [2.24, 2.45) is 29.6 Å². The number of amides is 1. The molecule has 0 aromatic carbocycles. The summed E-state index contributed by atoms with van der Waals surface area (Å²) >= 11 is 0. The molecule has 4 heteroatoms. The average molecular weight is 354 g/mol. The van der Waals surface area contributed by atoms with Crippen LogP contribution in [0.1, 0.15) is 81.1 Å². The molecule has 0 aliphatic rings. The zero-order valence-electron chi connectivity index (χ0n) is 17.5. The lowest BCUT2D eigenvalue weighted by molar-refractivity contribution is -0.133. The molecule has 0 bridgehead atoms. The van der Waals surface area contributed by atoms with Crippen molar-refractivity contribution in [1.29, 1.82) is 0 Å². The van der Waals surface area contributed by atoms with Gasteiger partial charge in [0.1, 0.15) is 5.78 Å². The largest absolute Gasteiger partial charge is 0.346 e. The minimum atomic E-state index is -0.541. The van der Waals surface area contributed by atoms with Crippen LogP contribution in [-0.2, 0) is 14.4 Å². The van der Waals surface area contributed by atoms with Gasteiger partial charge in [-0.3, -0.25) is 14.4 Å². The molecule has 146 valence electrons. The predicted octanol–water partition coefficient (Wildman–Crippen LogP) is 4.41. The van der Waals surface area contributed by atoms with Crippen LogP contribution in [0, 0.1) is 29.6 Å². The van der Waals surface area contributed by atoms with Gasteiger partial charge in [-0.25, -0.2) is 0 Å². The first-order valence-corrected chi connectivity index (χ1v) is 9.87. The Labute approximate surface area is 154 Å². The number of hydrogen-bond donors (Lipinski definition) is 1. The third-order valence-corrected chi connectivity index (χ3v) is 4.76. The van der Waals surface area contributed by atoms with Crippen molar-refractivity contribution in [1.82, 2.24) is 5.32 Å². The minimum absolute atomic E-state index is 0.0483. The topological polar surface area (TPSA) is 63.2 Å². The van der Waals surface area contributed by atoms with E-state index in [-0.39, 0.29) is 47.6 Å². The Hall–Kier alpha value is -1.19. The smallest absolute Gasteiger partial charge is 0.223 e. The van der Waals surface area contributed by atoms with Crippen molar-refractivity contribution in [3.63, 3.8) is 0 Å². The molecule has 0 saturated heterocycles. The number of ketones is 2. The third kappa shape index (κ3) is 8.64. The molecule has 0 aliphatic carbocycles. The first-order chi connectivity index (χ1) is 11.5. The monoisotopic (exact) mass is 353 g/mol. The first-order valence-electron chi connectivity index (χ1n) is 9.87. The van der Waals surface area contributed by atoms with Crippen LogP contribution in [-0.4, -0.2) is 23.5 Å². The summed E-state index contributed by atoms with van der Waals surface area (Å²) in [6.07, 6.45) is 2.64. The van der Waals surface area contributed by atoms with Gasteiger partial charge in [0, 0.05) is 24.2 Å². The molecule has 0 saturated carbocycles. The van der Waals surface area contributed by atoms with E-state index in [9.17, 15) is 14.4 Å². The molecule has 0 fully saturated rings. The minimum Gasteiger partial charge on any atom is -0.346 e. The number of carbonyl (C=O) groups excluding carboxylic acids is 3. The summed E-state index contributed by atoms with van der Waals surface area (Å²) in [7, 11) is 0. The quantitative estimate of drug-likeness (QED) is 0.565. The first kappa shape index (κ1) is 23.8. The molecule has 0 unspecified atom stereocenters. The molecular formula is C21H39NO3. The Balaban J connectivity index is 4.86. The Morgan fingerprint density at radius 2 is 1.48 bits per heavy atom. The summed E-state index contributed by atoms with van der Waals surface area (Å²) in [4.78, 5) is 37.4. The number of Topliss-reactive ketones (excluding diaryl/α,β-unsaturated/α-hetero) is 2.